The van der Waals surface area contributed by atoms with Crippen LogP contribution in [0.1, 0.15) is 64.7 Å². The summed E-state index contributed by atoms with van der Waals surface area (Å²) < 4.78 is 34.1. The van der Waals surface area contributed by atoms with Crippen molar-refractivity contribution in [3.05, 3.63) is 0 Å². The average Bonchev–Trinajstić information content (AvgIpc) is 2.63. The van der Waals surface area contributed by atoms with E-state index in [1.54, 1.807) is 0 Å². The first-order valence-corrected chi connectivity index (χ1v) is 11.7. The Labute approximate surface area is 153 Å². The maximum Gasteiger partial charge on any atom is 0.214 e. The van der Waals surface area contributed by atoms with E-state index in [0.717, 1.165) is 64.5 Å². The summed E-state index contributed by atoms with van der Waals surface area (Å²) in [5.74, 6) is 0.249. The molecule has 6 nitrogen and oxygen atoms in total. The molecule has 0 radical (unpaired) electrons. The van der Waals surface area contributed by atoms with Gasteiger partial charge in [0.2, 0.25) is 10.0 Å². The number of morpholine rings is 1. The number of ether oxygens (including phenoxy) is 1. The first kappa shape index (κ1) is 21.1. The summed E-state index contributed by atoms with van der Waals surface area (Å²) in [4.78, 5) is 0. The second-order valence-electron chi connectivity index (χ2n) is 7.49. The largest absolute Gasteiger partial charge is 0.374 e. The van der Waals surface area contributed by atoms with E-state index in [1.165, 1.54) is 6.42 Å². The van der Waals surface area contributed by atoms with Crippen molar-refractivity contribution in [3.63, 3.8) is 0 Å². The highest BCUT2D eigenvalue weighted by molar-refractivity contribution is 7.89. The average molecular weight is 376 g/mol. The smallest absolute Gasteiger partial charge is 0.214 e. The SMILES string of the molecule is CC(C1CNCCO1)N(C1CCCCC1)S(=O)(=O)CCCCCCN. The van der Waals surface area contributed by atoms with E-state index in [-0.39, 0.29) is 23.9 Å². The van der Waals surface area contributed by atoms with Crippen molar-refractivity contribution < 1.29 is 13.2 Å². The molecular formula is C18H37N3O3S. The number of nitrogens with zero attached hydrogens (tertiary/aromatic N) is 1. The molecule has 0 aromatic carbocycles. The molecule has 0 amide bonds. The summed E-state index contributed by atoms with van der Waals surface area (Å²) >= 11 is 0. The fourth-order valence-corrected chi connectivity index (χ4v) is 6.18. The Bertz CT molecular complexity index is 460. The summed E-state index contributed by atoms with van der Waals surface area (Å²) in [6, 6.07) is 0.0354. The highest BCUT2D eigenvalue weighted by Crippen LogP contribution is 2.29. The molecule has 148 valence electrons. The fraction of sp³-hybridized carbons (Fsp3) is 1.00. The molecule has 0 aromatic heterocycles. The lowest BCUT2D eigenvalue weighted by atomic mass is 9.94. The van der Waals surface area contributed by atoms with Crippen LogP contribution >= 0.6 is 0 Å². The summed E-state index contributed by atoms with van der Waals surface area (Å²) in [5, 5.41) is 3.33. The molecule has 25 heavy (non-hydrogen) atoms. The number of nitrogens with two attached hydrogens (primary N) is 1. The molecule has 2 rings (SSSR count). The van der Waals surface area contributed by atoms with Crippen molar-refractivity contribution in [3.8, 4) is 0 Å². The first-order valence-electron chi connectivity index (χ1n) is 10.1. The van der Waals surface area contributed by atoms with Gasteiger partial charge in [-0.15, -0.1) is 0 Å². The zero-order valence-corrected chi connectivity index (χ0v) is 16.6. The molecule has 2 aliphatic rings. The molecular weight excluding hydrogens is 338 g/mol. The van der Waals surface area contributed by atoms with Crippen LogP contribution in [0.2, 0.25) is 0 Å². The zero-order valence-electron chi connectivity index (χ0n) is 15.8. The summed E-state index contributed by atoms with van der Waals surface area (Å²) in [6.07, 6.45) is 9.04. The normalized spacial score (nSPS) is 24.5. The lowest BCUT2D eigenvalue weighted by molar-refractivity contribution is -0.0171. The van der Waals surface area contributed by atoms with Gasteiger partial charge in [0.15, 0.2) is 0 Å². The monoisotopic (exact) mass is 375 g/mol. The van der Waals surface area contributed by atoms with Crippen LogP contribution < -0.4 is 11.1 Å². The quantitative estimate of drug-likeness (QED) is 0.569. The third-order valence-electron chi connectivity index (χ3n) is 5.51. The molecule has 3 N–H and O–H groups in total. The van der Waals surface area contributed by atoms with Gasteiger partial charge in [0.1, 0.15) is 0 Å². The molecule has 0 aromatic rings. The molecule has 1 aliphatic heterocycles. The minimum absolute atomic E-state index is 0.0531. The van der Waals surface area contributed by atoms with Crippen molar-refractivity contribution in [2.75, 3.05) is 32.0 Å². The molecule has 1 saturated carbocycles. The van der Waals surface area contributed by atoms with Crippen LogP contribution in [-0.4, -0.2) is 62.9 Å². The lowest BCUT2D eigenvalue weighted by Gasteiger charge is -2.41. The summed E-state index contributed by atoms with van der Waals surface area (Å²) in [7, 11) is -3.26. The fourth-order valence-electron chi connectivity index (χ4n) is 4.10. The minimum atomic E-state index is -3.26. The van der Waals surface area contributed by atoms with Crippen LogP contribution in [0.3, 0.4) is 0 Å². The predicted octanol–water partition coefficient (Wildman–Crippen LogP) is 1.85. The van der Waals surface area contributed by atoms with Gasteiger partial charge >= 0.3 is 0 Å². The molecule has 2 unspecified atom stereocenters. The predicted molar refractivity (Wildman–Crippen MR) is 102 cm³/mol. The Hall–Kier alpha value is -0.210. The number of sulfonamides is 1. The van der Waals surface area contributed by atoms with E-state index < -0.39 is 10.0 Å². The zero-order chi connectivity index (χ0) is 18.1. The van der Waals surface area contributed by atoms with Crippen molar-refractivity contribution in [2.24, 2.45) is 5.73 Å². The third kappa shape index (κ3) is 6.47. The molecule has 1 aliphatic carbocycles. The number of rotatable bonds is 10. The standard InChI is InChI=1S/C18H37N3O3S/c1-16(18-15-20-12-13-24-18)21(17-9-5-4-6-10-17)25(22,23)14-8-3-2-7-11-19/h16-18,20H,2-15,19H2,1H3. The van der Waals surface area contributed by atoms with Crippen LogP contribution in [0.4, 0.5) is 0 Å². The van der Waals surface area contributed by atoms with Crippen LogP contribution in [-0.2, 0) is 14.8 Å². The van der Waals surface area contributed by atoms with Crippen LogP contribution in [0, 0.1) is 0 Å². The molecule has 2 atom stereocenters. The molecule has 0 bridgehead atoms. The van der Waals surface area contributed by atoms with Crippen molar-refractivity contribution in [1.82, 2.24) is 9.62 Å². The number of unbranched alkanes of at least 4 members (excludes halogenated alkanes) is 3. The minimum Gasteiger partial charge on any atom is -0.374 e. The Morgan fingerprint density at radius 2 is 1.88 bits per heavy atom. The van der Waals surface area contributed by atoms with Gasteiger partial charge in [0, 0.05) is 25.2 Å². The molecule has 2 fully saturated rings. The van der Waals surface area contributed by atoms with Gasteiger partial charge in [-0.2, -0.15) is 4.31 Å². The van der Waals surface area contributed by atoms with E-state index in [4.69, 9.17) is 10.5 Å². The van der Waals surface area contributed by atoms with Crippen molar-refractivity contribution in [2.45, 2.75) is 82.9 Å². The van der Waals surface area contributed by atoms with E-state index in [2.05, 4.69) is 5.32 Å². The highest BCUT2D eigenvalue weighted by Gasteiger charge is 2.38. The highest BCUT2D eigenvalue weighted by atomic mass is 32.2. The van der Waals surface area contributed by atoms with Gasteiger partial charge < -0.3 is 15.8 Å². The Morgan fingerprint density at radius 1 is 1.16 bits per heavy atom. The van der Waals surface area contributed by atoms with Gasteiger partial charge in [0.05, 0.1) is 18.5 Å². The molecule has 7 heteroatoms. The van der Waals surface area contributed by atoms with Crippen molar-refractivity contribution >= 4 is 10.0 Å². The van der Waals surface area contributed by atoms with Crippen LogP contribution in [0.15, 0.2) is 0 Å². The second-order valence-corrected chi connectivity index (χ2v) is 9.49. The summed E-state index contributed by atoms with van der Waals surface area (Å²) in [6.45, 7) is 4.95. The van der Waals surface area contributed by atoms with Gasteiger partial charge in [-0.1, -0.05) is 32.1 Å². The van der Waals surface area contributed by atoms with Gasteiger partial charge in [-0.3, -0.25) is 0 Å². The van der Waals surface area contributed by atoms with E-state index in [0.29, 0.717) is 13.2 Å². The second kappa shape index (κ2) is 10.8. The Balaban J connectivity index is 2.03. The molecule has 1 saturated heterocycles. The van der Waals surface area contributed by atoms with E-state index in [9.17, 15) is 8.42 Å². The van der Waals surface area contributed by atoms with E-state index >= 15 is 0 Å². The number of hydrogen-bond acceptors (Lipinski definition) is 5. The summed E-state index contributed by atoms with van der Waals surface area (Å²) in [5.41, 5.74) is 5.52. The van der Waals surface area contributed by atoms with Gasteiger partial charge in [-0.25, -0.2) is 8.42 Å². The lowest BCUT2D eigenvalue weighted by Crippen LogP contribution is -2.56. The third-order valence-corrected chi connectivity index (χ3v) is 7.59. The van der Waals surface area contributed by atoms with Gasteiger partial charge in [0.25, 0.3) is 0 Å². The Kier molecular flexibility index (Phi) is 9.13. The molecule has 1 heterocycles. The topological polar surface area (TPSA) is 84.7 Å². The first-order chi connectivity index (χ1) is 12.1. The van der Waals surface area contributed by atoms with Crippen LogP contribution in [0.25, 0.3) is 0 Å². The van der Waals surface area contributed by atoms with Crippen LogP contribution in [0.5, 0.6) is 0 Å². The number of hydrogen-bond donors (Lipinski definition) is 2. The van der Waals surface area contributed by atoms with Gasteiger partial charge in [-0.05, 0) is 39.2 Å². The van der Waals surface area contributed by atoms with E-state index in [1.807, 2.05) is 11.2 Å². The maximum atomic E-state index is 13.2. The van der Waals surface area contributed by atoms with Crippen molar-refractivity contribution in [1.29, 1.82) is 0 Å². The maximum absolute atomic E-state index is 13.2. The Morgan fingerprint density at radius 3 is 2.52 bits per heavy atom. The molecule has 0 spiro atoms. The number of nitrogens with one attached hydrogen (secondary N) is 1.